The largest absolute Gasteiger partial charge is 0.307 e. The molecule has 2 amide bonds. The topological polar surface area (TPSA) is 40.6 Å². The van der Waals surface area contributed by atoms with Gasteiger partial charge in [-0.2, -0.15) is 0 Å². The highest BCUT2D eigenvalue weighted by atomic mass is 32.1. The Morgan fingerprint density at radius 1 is 0.460 bits per heavy atom. The first-order valence-electron chi connectivity index (χ1n) is 21.1. The molecule has 4 heterocycles. The van der Waals surface area contributed by atoms with Gasteiger partial charge < -0.3 is 9.80 Å². The van der Waals surface area contributed by atoms with Crippen LogP contribution in [0, 0.1) is 11.8 Å². The van der Waals surface area contributed by atoms with E-state index in [9.17, 15) is 9.59 Å². The number of amides is 2. The molecule has 2 aliphatic rings. The van der Waals surface area contributed by atoms with E-state index in [0.29, 0.717) is 23.0 Å². The third kappa shape index (κ3) is 11.5. The summed E-state index contributed by atoms with van der Waals surface area (Å²) >= 11 is 3.28. The highest BCUT2D eigenvalue weighted by Crippen LogP contribution is 2.50. The van der Waals surface area contributed by atoms with Crippen molar-refractivity contribution in [2.45, 2.75) is 182 Å². The Morgan fingerprint density at radius 3 is 1.10 bits per heavy atom. The second-order valence-electron chi connectivity index (χ2n) is 15.4. The Morgan fingerprint density at radius 2 is 0.760 bits per heavy atom. The van der Waals surface area contributed by atoms with Crippen molar-refractivity contribution < 1.29 is 9.59 Å². The summed E-state index contributed by atoms with van der Waals surface area (Å²) in [6.45, 7) is 10.7. The van der Waals surface area contributed by atoms with E-state index in [0.717, 1.165) is 34.2 Å². The normalized spacial score (nSPS) is 16.9. The van der Waals surface area contributed by atoms with Gasteiger partial charge in [0.15, 0.2) is 0 Å². The zero-order valence-corrected chi connectivity index (χ0v) is 34.0. The van der Waals surface area contributed by atoms with Crippen molar-refractivity contribution in [1.29, 1.82) is 0 Å². The summed E-state index contributed by atoms with van der Waals surface area (Å²) in [6.07, 6.45) is 30.5. The fourth-order valence-corrected chi connectivity index (χ4v) is 10.1. The van der Waals surface area contributed by atoms with Crippen LogP contribution >= 0.6 is 22.7 Å². The van der Waals surface area contributed by atoms with E-state index in [1.54, 1.807) is 22.7 Å². The molecule has 50 heavy (non-hydrogen) atoms. The molecule has 2 aromatic heterocycles. The number of nitrogens with zero attached hydrogens (tertiary/aromatic N) is 2. The van der Waals surface area contributed by atoms with Crippen LogP contribution < -0.4 is 9.80 Å². The van der Waals surface area contributed by atoms with Gasteiger partial charge in [0.25, 0.3) is 11.8 Å². The monoisotopic (exact) mass is 722 g/mol. The van der Waals surface area contributed by atoms with Gasteiger partial charge in [0.05, 0.1) is 32.3 Å². The number of rotatable bonds is 28. The molecule has 4 nitrogen and oxygen atoms in total. The Balaban J connectivity index is 1.51. The smallest absolute Gasteiger partial charge is 0.260 e. The quantitative estimate of drug-likeness (QED) is 0.0648. The lowest BCUT2D eigenvalue weighted by atomic mass is 9.93. The van der Waals surface area contributed by atoms with E-state index >= 15 is 0 Å². The van der Waals surface area contributed by atoms with Crippen LogP contribution in [0.2, 0.25) is 0 Å². The predicted octanol–water partition coefficient (Wildman–Crippen LogP) is 14.1. The number of thiophene rings is 2. The molecule has 0 fully saturated rings. The van der Waals surface area contributed by atoms with Crippen LogP contribution in [0.3, 0.4) is 0 Å². The van der Waals surface area contributed by atoms with Gasteiger partial charge in [0.1, 0.15) is 0 Å². The first-order chi connectivity index (χ1) is 24.5. The Hall–Kier alpha value is -1.92. The molecule has 0 spiro atoms. The van der Waals surface area contributed by atoms with E-state index in [1.807, 2.05) is 0 Å². The molecule has 0 aliphatic carbocycles. The number of hydrogen-bond acceptors (Lipinski definition) is 4. The Bertz CT molecular complexity index is 1210. The van der Waals surface area contributed by atoms with Crippen molar-refractivity contribution in [3.05, 3.63) is 32.6 Å². The number of carbonyl (C=O) groups excluding carboxylic acids is 2. The lowest BCUT2D eigenvalue weighted by Gasteiger charge is -2.25. The summed E-state index contributed by atoms with van der Waals surface area (Å²) in [6, 6.07) is 4.26. The second kappa shape index (κ2) is 22.9. The van der Waals surface area contributed by atoms with Crippen molar-refractivity contribution in [2.24, 2.45) is 11.8 Å². The van der Waals surface area contributed by atoms with Crippen molar-refractivity contribution in [1.82, 2.24) is 0 Å². The van der Waals surface area contributed by atoms with Gasteiger partial charge in [-0.05, 0) is 60.4 Å². The number of fused-ring (bicyclic) bond motifs is 2. The minimum absolute atomic E-state index is 0.0566. The van der Waals surface area contributed by atoms with Crippen LogP contribution in [0.4, 0.5) is 11.4 Å². The molecule has 2 aliphatic heterocycles. The molecule has 280 valence electrons. The summed E-state index contributed by atoms with van der Waals surface area (Å²) < 4.78 is 0. The molecule has 2 unspecified atom stereocenters. The Labute approximate surface area is 314 Å². The molecule has 0 N–H and O–H groups in total. The molecule has 2 atom stereocenters. The molecule has 0 saturated carbocycles. The number of hydrogen-bond donors (Lipinski definition) is 0. The van der Waals surface area contributed by atoms with E-state index < -0.39 is 0 Å². The second-order valence-corrected chi connectivity index (χ2v) is 17.2. The molecule has 0 aromatic carbocycles. The minimum Gasteiger partial charge on any atom is -0.307 e. The van der Waals surface area contributed by atoms with Gasteiger partial charge in [-0.15, -0.1) is 22.7 Å². The number of carbonyl (C=O) groups is 2. The fraction of sp³-hybridized carbons (Fsp3) is 0.727. The first-order valence-corrected chi connectivity index (χ1v) is 22.8. The van der Waals surface area contributed by atoms with Crippen molar-refractivity contribution in [3.8, 4) is 0 Å². The van der Waals surface area contributed by atoms with Gasteiger partial charge >= 0.3 is 0 Å². The summed E-state index contributed by atoms with van der Waals surface area (Å²) in [5.74, 6) is 1.12. The first kappa shape index (κ1) is 40.8. The van der Waals surface area contributed by atoms with Crippen LogP contribution in [0.5, 0.6) is 0 Å². The minimum atomic E-state index is 0.0566. The molecule has 2 aromatic rings. The number of anilines is 2. The van der Waals surface area contributed by atoms with Crippen molar-refractivity contribution in [3.63, 3.8) is 0 Å². The molecule has 6 heteroatoms. The fourth-order valence-electron chi connectivity index (χ4n) is 8.21. The van der Waals surface area contributed by atoms with E-state index in [1.165, 1.54) is 154 Å². The van der Waals surface area contributed by atoms with Gasteiger partial charge in [0, 0.05) is 13.1 Å². The summed E-state index contributed by atoms with van der Waals surface area (Å²) in [4.78, 5) is 35.2. The summed E-state index contributed by atoms with van der Waals surface area (Å²) in [5, 5.41) is 4.24. The van der Waals surface area contributed by atoms with Crippen molar-refractivity contribution in [2.75, 3.05) is 22.9 Å². The third-order valence-corrected chi connectivity index (χ3v) is 13.1. The van der Waals surface area contributed by atoms with Crippen LogP contribution in [-0.2, 0) is 9.59 Å². The van der Waals surface area contributed by atoms with Gasteiger partial charge in [-0.25, -0.2) is 0 Å². The maximum atomic E-state index is 14.5. The zero-order valence-electron chi connectivity index (χ0n) is 32.4. The molecular formula is C44H70N2O2S2. The zero-order chi connectivity index (χ0) is 35.6. The Kier molecular flexibility index (Phi) is 18.7. The van der Waals surface area contributed by atoms with E-state index in [2.05, 4.69) is 60.4 Å². The average molecular weight is 723 g/mol. The lowest BCUT2D eigenvalue weighted by molar-refractivity contribution is -0.114. The van der Waals surface area contributed by atoms with Crippen LogP contribution in [0.1, 0.15) is 192 Å². The standard InChI is InChI=1S/C44H70N2O2S2/c1-5-9-13-17-19-23-27-35(25-21-15-11-7-3)33-45-37-29-31-49-41(37)39(43(45)47)40-42-38(30-32-50-42)46(44(40)48)34-36(26-22-16-12-8-4)28-24-20-18-14-10-6-2/h29-32,35-36H,5-28,33-34H2,1-4H3/b40-39-. The highest BCUT2D eigenvalue weighted by molar-refractivity contribution is 7.14. The highest BCUT2D eigenvalue weighted by Gasteiger charge is 2.44. The molecule has 0 bridgehead atoms. The van der Waals surface area contributed by atoms with Gasteiger partial charge in [0.2, 0.25) is 0 Å². The van der Waals surface area contributed by atoms with E-state index in [4.69, 9.17) is 0 Å². The van der Waals surface area contributed by atoms with Crippen LogP contribution in [0.15, 0.2) is 22.9 Å². The van der Waals surface area contributed by atoms with E-state index in [-0.39, 0.29) is 11.8 Å². The van der Waals surface area contributed by atoms with Crippen LogP contribution in [0.25, 0.3) is 11.1 Å². The summed E-state index contributed by atoms with van der Waals surface area (Å²) in [5.41, 5.74) is 3.41. The predicted molar refractivity (Wildman–Crippen MR) is 221 cm³/mol. The van der Waals surface area contributed by atoms with Gasteiger partial charge in [-0.1, -0.05) is 156 Å². The lowest BCUT2D eigenvalue weighted by Crippen LogP contribution is -2.34. The number of unbranched alkanes of at least 4 members (excludes halogenated alkanes) is 16. The molecule has 0 radical (unpaired) electrons. The SMILES string of the molecule is CCCCCCCCC(CCCCCC)CN1C(=O)/C(=C2\C(=O)N(CC(CCCCCC)CCCCCCCC)c3ccsc32)c2sccc21. The maximum Gasteiger partial charge on any atom is 0.260 e. The maximum absolute atomic E-state index is 14.5. The summed E-state index contributed by atoms with van der Waals surface area (Å²) in [7, 11) is 0. The average Bonchev–Trinajstić information content (AvgIpc) is 3.89. The van der Waals surface area contributed by atoms with Crippen molar-refractivity contribution >= 4 is 57.0 Å². The molecular weight excluding hydrogens is 653 g/mol. The molecule has 0 saturated heterocycles. The molecule has 4 rings (SSSR count). The van der Waals surface area contributed by atoms with Gasteiger partial charge in [-0.3, -0.25) is 9.59 Å². The third-order valence-electron chi connectivity index (χ3n) is 11.2. The van der Waals surface area contributed by atoms with Crippen LogP contribution in [-0.4, -0.2) is 24.9 Å².